The highest BCUT2D eigenvalue weighted by atomic mass is 16.2. The molecule has 2 heterocycles. The normalized spacial score (nSPS) is 23.0. The van der Waals surface area contributed by atoms with Crippen molar-refractivity contribution < 1.29 is 19.2 Å². The van der Waals surface area contributed by atoms with Crippen LogP contribution in [0.2, 0.25) is 0 Å². The van der Waals surface area contributed by atoms with Gasteiger partial charge in [0.2, 0.25) is 11.8 Å². The highest BCUT2D eigenvalue weighted by molar-refractivity contribution is 6.22. The fourth-order valence-corrected chi connectivity index (χ4v) is 3.65. The number of amides is 2. The van der Waals surface area contributed by atoms with Gasteiger partial charge >= 0.3 is 0 Å². The Hall–Kier alpha value is -1.98. The highest BCUT2D eigenvalue weighted by Gasteiger charge is 2.34. The average Bonchev–Trinajstić information content (AvgIpc) is 3.05. The van der Waals surface area contributed by atoms with Gasteiger partial charge in [-0.2, -0.15) is 0 Å². The van der Waals surface area contributed by atoms with E-state index in [2.05, 4.69) is 4.90 Å². The summed E-state index contributed by atoms with van der Waals surface area (Å²) in [6, 6.07) is 0. The van der Waals surface area contributed by atoms with Crippen LogP contribution in [-0.2, 0) is 19.2 Å². The van der Waals surface area contributed by atoms with E-state index >= 15 is 0 Å². The summed E-state index contributed by atoms with van der Waals surface area (Å²) in [5.41, 5.74) is 1.07. The fraction of sp³-hybridized carbons (Fsp3) is 0.647. The number of piperidine rings is 1. The van der Waals surface area contributed by atoms with E-state index in [0.29, 0.717) is 25.7 Å². The molecule has 23 heavy (non-hydrogen) atoms. The molecule has 124 valence electrons. The smallest absolute Gasteiger partial charge is 0.229 e. The first-order valence-corrected chi connectivity index (χ1v) is 8.45. The molecule has 2 amide bonds. The van der Waals surface area contributed by atoms with E-state index < -0.39 is 0 Å². The lowest BCUT2D eigenvalue weighted by atomic mass is 9.90. The van der Waals surface area contributed by atoms with E-state index in [1.165, 1.54) is 0 Å². The van der Waals surface area contributed by atoms with E-state index in [1.807, 2.05) is 0 Å². The third kappa shape index (κ3) is 3.21. The fourth-order valence-electron chi connectivity index (χ4n) is 3.65. The largest absolute Gasteiger partial charge is 0.374 e. The Morgan fingerprint density at radius 1 is 0.826 bits per heavy atom. The minimum absolute atomic E-state index is 0.139. The summed E-state index contributed by atoms with van der Waals surface area (Å²) < 4.78 is 0. The zero-order valence-electron chi connectivity index (χ0n) is 13.3. The van der Waals surface area contributed by atoms with Gasteiger partial charge in [0.05, 0.1) is 12.1 Å². The van der Waals surface area contributed by atoms with Gasteiger partial charge in [-0.15, -0.1) is 0 Å². The highest BCUT2D eigenvalue weighted by Crippen LogP contribution is 2.29. The van der Waals surface area contributed by atoms with Crippen LogP contribution < -0.4 is 0 Å². The van der Waals surface area contributed by atoms with Crippen molar-refractivity contribution in [2.45, 2.75) is 51.4 Å². The van der Waals surface area contributed by atoms with Crippen LogP contribution in [0.5, 0.6) is 0 Å². The number of nitrogens with zero attached hydrogens (tertiary/aromatic N) is 2. The first-order valence-electron chi connectivity index (χ1n) is 8.45. The van der Waals surface area contributed by atoms with Crippen LogP contribution in [-0.4, -0.2) is 52.8 Å². The Morgan fingerprint density at radius 2 is 1.43 bits per heavy atom. The van der Waals surface area contributed by atoms with Crippen molar-refractivity contribution in [1.29, 1.82) is 0 Å². The molecule has 0 N–H and O–H groups in total. The summed E-state index contributed by atoms with van der Waals surface area (Å²) in [5.74, 6) is -1.12. The molecule has 0 saturated carbocycles. The Balaban J connectivity index is 1.83. The first-order chi connectivity index (χ1) is 11.1. The quantitative estimate of drug-likeness (QED) is 0.575. The average molecular weight is 318 g/mol. The second-order valence-corrected chi connectivity index (χ2v) is 6.44. The molecule has 0 aromatic heterocycles. The molecule has 0 atom stereocenters. The number of ketones is 2. The van der Waals surface area contributed by atoms with Crippen LogP contribution in [0, 0.1) is 0 Å². The molecule has 3 rings (SSSR count). The summed E-state index contributed by atoms with van der Waals surface area (Å²) in [6.45, 7) is 1.47. The molecule has 2 saturated heterocycles. The zero-order chi connectivity index (χ0) is 16.4. The lowest BCUT2D eigenvalue weighted by Crippen LogP contribution is -2.44. The maximum absolute atomic E-state index is 12.7. The number of rotatable bonds is 4. The van der Waals surface area contributed by atoms with E-state index in [0.717, 1.165) is 49.4 Å². The number of hydrogen-bond donors (Lipinski definition) is 0. The standard InChI is InChI=1S/C17H22N2O4/c20-13-6-3-5-12(18-9-1-2-10-18)17(13)14(21)11-19-15(22)7-4-8-16(19)23/h1-11H2. The predicted octanol–water partition coefficient (Wildman–Crippen LogP) is 1.20. The summed E-state index contributed by atoms with van der Waals surface area (Å²) in [6.07, 6.45) is 5.15. The number of hydrogen-bond acceptors (Lipinski definition) is 5. The van der Waals surface area contributed by atoms with E-state index in [9.17, 15) is 19.2 Å². The van der Waals surface area contributed by atoms with Crippen molar-refractivity contribution in [3.8, 4) is 0 Å². The lowest BCUT2D eigenvalue weighted by Gasteiger charge is -2.29. The van der Waals surface area contributed by atoms with Crippen LogP contribution in [0.25, 0.3) is 0 Å². The Morgan fingerprint density at radius 3 is 2.09 bits per heavy atom. The number of carbonyl (C=O) groups excluding carboxylic acids is 4. The summed E-state index contributed by atoms with van der Waals surface area (Å²) >= 11 is 0. The van der Waals surface area contributed by atoms with Gasteiger partial charge in [-0.1, -0.05) is 0 Å². The van der Waals surface area contributed by atoms with E-state index in [-0.39, 0.29) is 35.5 Å². The van der Waals surface area contributed by atoms with Gasteiger partial charge in [-0.25, -0.2) is 0 Å². The first kappa shape index (κ1) is 15.9. The molecule has 0 bridgehead atoms. The monoisotopic (exact) mass is 318 g/mol. The third-order valence-electron chi connectivity index (χ3n) is 4.84. The number of Topliss-reactive ketones (excluding diaryl/α,β-unsaturated/α-hetero) is 2. The van der Waals surface area contributed by atoms with Gasteiger partial charge < -0.3 is 4.90 Å². The molecule has 6 nitrogen and oxygen atoms in total. The summed E-state index contributed by atoms with van der Waals surface area (Å²) in [4.78, 5) is 51.9. The summed E-state index contributed by atoms with van der Waals surface area (Å²) in [7, 11) is 0. The van der Waals surface area contributed by atoms with Gasteiger partial charge in [-0.05, 0) is 32.1 Å². The molecule has 0 aromatic carbocycles. The van der Waals surface area contributed by atoms with Gasteiger partial charge in [0, 0.05) is 38.0 Å². The number of carbonyl (C=O) groups is 4. The second kappa shape index (κ2) is 6.64. The second-order valence-electron chi connectivity index (χ2n) is 6.44. The van der Waals surface area contributed by atoms with Gasteiger partial charge in [0.25, 0.3) is 0 Å². The summed E-state index contributed by atoms with van der Waals surface area (Å²) in [5, 5.41) is 0. The topological polar surface area (TPSA) is 74.8 Å². The Kier molecular flexibility index (Phi) is 4.59. The van der Waals surface area contributed by atoms with Crippen LogP contribution in [0.4, 0.5) is 0 Å². The molecule has 0 unspecified atom stereocenters. The molecule has 6 heteroatoms. The molecule has 2 fully saturated rings. The Labute approximate surface area is 135 Å². The molecular weight excluding hydrogens is 296 g/mol. The maximum Gasteiger partial charge on any atom is 0.229 e. The van der Waals surface area contributed by atoms with Crippen molar-refractivity contribution in [2.75, 3.05) is 19.6 Å². The minimum Gasteiger partial charge on any atom is -0.374 e. The van der Waals surface area contributed by atoms with Gasteiger partial charge in [-0.3, -0.25) is 24.1 Å². The maximum atomic E-state index is 12.7. The van der Waals surface area contributed by atoms with E-state index in [1.54, 1.807) is 0 Å². The van der Waals surface area contributed by atoms with Crippen molar-refractivity contribution in [3.63, 3.8) is 0 Å². The molecule has 1 aliphatic carbocycles. The van der Waals surface area contributed by atoms with Crippen LogP contribution in [0.15, 0.2) is 11.3 Å². The third-order valence-corrected chi connectivity index (χ3v) is 4.84. The molecule has 0 radical (unpaired) electrons. The van der Waals surface area contributed by atoms with Crippen LogP contribution in [0.1, 0.15) is 51.4 Å². The van der Waals surface area contributed by atoms with E-state index in [4.69, 9.17) is 0 Å². The van der Waals surface area contributed by atoms with Crippen LogP contribution >= 0.6 is 0 Å². The minimum atomic E-state index is -0.375. The van der Waals surface area contributed by atoms with Crippen molar-refractivity contribution in [3.05, 3.63) is 11.3 Å². The molecule has 2 aliphatic heterocycles. The number of likely N-dealkylation sites (tertiary alicyclic amines) is 2. The van der Waals surface area contributed by atoms with Crippen molar-refractivity contribution >= 4 is 23.4 Å². The Bertz CT molecular complexity index is 571. The van der Waals surface area contributed by atoms with Crippen molar-refractivity contribution in [2.24, 2.45) is 0 Å². The lowest BCUT2D eigenvalue weighted by molar-refractivity contribution is -0.150. The van der Waals surface area contributed by atoms with Crippen molar-refractivity contribution in [1.82, 2.24) is 9.80 Å². The zero-order valence-corrected chi connectivity index (χ0v) is 13.3. The van der Waals surface area contributed by atoms with Crippen LogP contribution in [0.3, 0.4) is 0 Å². The van der Waals surface area contributed by atoms with Gasteiger partial charge in [0.15, 0.2) is 11.6 Å². The molecular formula is C17H22N2O4. The molecule has 0 spiro atoms. The molecule has 0 aromatic rings. The SMILES string of the molecule is O=C1CCCC(N2CCCC2)=C1C(=O)CN1C(=O)CCCC1=O. The molecule has 3 aliphatic rings. The number of imide groups is 1. The predicted molar refractivity (Wildman–Crippen MR) is 82.3 cm³/mol. The van der Waals surface area contributed by atoms with Gasteiger partial charge in [0.1, 0.15) is 0 Å². The number of allylic oxidation sites excluding steroid dienone is 1.